The quantitative estimate of drug-likeness (QED) is 0.542. The molecule has 0 amide bonds. The number of sulfonamides is 1. The summed E-state index contributed by atoms with van der Waals surface area (Å²) in [5.41, 5.74) is 1.24. The van der Waals surface area contributed by atoms with Gasteiger partial charge in [-0.3, -0.25) is 4.79 Å². The molecule has 1 aromatic carbocycles. The van der Waals surface area contributed by atoms with Crippen LogP contribution >= 0.6 is 11.3 Å². The standard InChI is InChI=1S/C21H23N3O4S2/c1-2-28-21(25)16-10-12-23(13-11-16)30(26,27)19-15-24(17-7-4-3-5-8-17)22-20(19)18-9-6-14-29-18/h3-9,14-16H,2,10-13H2,1H3. The molecule has 4 rings (SSSR count). The van der Waals surface area contributed by atoms with Gasteiger partial charge in [-0.25, -0.2) is 13.1 Å². The molecule has 3 aromatic rings. The van der Waals surface area contributed by atoms with Crippen LogP contribution < -0.4 is 0 Å². The molecule has 0 saturated carbocycles. The van der Waals surface area contributed by atoms with Crippen LogP contribution in [0.3, 0.4) is 0 Å². The van der Waals surface area contributed by atoms with Crippen LogP contribution in [0.25, 0.3) is 16.3 Å². The lowest BCUT2D eigenvalue weighted by atomic mass is 9.98. The van der Waals surface area contributed by atoms with E-state index in [0.717, 1.165) is 10.6 Å². The highest BCUT2D eigenvalue weighted by Gasteiger charge is 2.35. The number of hydrogen-bond donors (Lipinski definition) is 0. The molecule has 0 aliphatic carbocycles. The molecular formula is C21H23N3O4S2. The Labute approximate surface area is 180 Å². The monoisotopic (exact) mass is 445 g/mol. The molecule has 0 radical (unpaired) electrons. The van der Waals surface area contributed by atoms with Gasteiger partial charge in [0.05, 0.1) is 29.3 Å². The van der Waals surface area contributed by atoms with E-state index in [2.05, 4.69) is 5.10 Å². The summed E-state index contributed by atoms with van der Waals surface area (Å²) in [5.74, 6) is -0.495. The number of piperidine rings is 1. The first kappa shape index (κ1) is 20.8. The Kier molecular flexibility index (Phi) is 6.03. The second-order valence-electron chi connectivity index (χ2n) is 7.03. The second kappa shape index (κ2) is 8.71. The lowest BCUT2D eigenvalue weighted by molar-refractivity contribution is -0.149. The number of carbonyl (C=O) groups is 1. The van der Waals surface area contributed by atoms with Crippen LogP contribution in [0.2, 0.25) is 0 Å². The van der Waals surface area contributed by atoms with Crippen molar-refractivity contribution >= 4 is 27.3 Å². The van der Waals surface area contributed by atoms with Crippen molar-refractivity contribution in [1.82, 2.24) is 14.1 Å². The number of hydrogen-bond acceptors (Lipinski definition) is 6. The minimum Gasteiger partial charge on any atom is -0.466 e. The molecule has 0 N–H and O–H groups in total. The van der Waals surface area contributed by atoms with Crippen molar-refractivity contribution in [2.45, 2.75) is 24.7 Å². The lowest BCUT2D eigenvalue weighted by Gasteiger charge is -2.29. The molecule has 9 heteroatoms. The van der Waals surface area contributed by atoms with Crippen LogP contribution in [-0.2, 0) is 19.6 Å². The SMILES string of the molecule is CCOC(=O)C1CCN(S(=O)(=O)c2cn(-c3ccccc3)nc2-c2cccs2)CC1. The summed E-state index contributed by atoms with van der Waals surface area (Å²) in [6.45, 7) is 2.67. The van der Waals surface area contributed by atoms with E-state index in [1.54, 1.807) is 17.8 Å². The van der Waals surface area contributed by atoms with E-state index in [1.807, 2.05) is 47.8 Å². The van der Waals surface area contributed by atoms with Gasteiger partial charge in [0.15, 0.2) is 0 Å². The molecule has 1 saturated heterocycles. The van der Waals surface area contributed by atoms with Gasteiger partial charge in [0, 0.05) is 13.1 Å². The van der Waals surface area contributed by atoms with Crippen molar-refractivity contribution in [3.05, 3.63) is 54.0 Å². The van der Waals surface area contributed by atoms with Crippen molar-refractivity contribution < 1.29 is 17.9 Å². The molecule has 2 aromatic heterocycles. The minimum atomic E-state index is -3.76. The number of ether oxygens (including phenoxy) is 1. The highest BCUT2D eigenvalue weighted by atomic mass is 32.2. The Balaban J connectivity index is 1.65. The molecule has 3 heterocycles. The molecular weight excluding hydrogens is 422 g/mol. The maximum absolute atomic E-state index is 13.5. The Morgan fingerprint density at radius 3 is 2.53 bits per heavy atom. The first-order valence-corrected chi connectivity index (χ1v) is 12.2. The number of aromatic nitrogens is 2. The van der Waals surface area contributed by atoms with Crippen molar-refractivity contribution in [2.24, 2.45) is 5.92 Å². The van der Waals surface area contributed by atoms with Gasteiger partial charge in [0.2, 0.25) is 10.0 Å². The van der Waals surface area contributed by atoms with Crippen LogP contribution in [0.5, 0.6) is 0 Å². The Morgan fingerprint density at radius 1 is 1.17 bits per heavy atom. The summed E-state index contributed by atoms with van der Waals surface area (Å²) in [5, 5.41) is 6.50. The molecule has 7 nitrogen and oxygen atoms in total. The van der Waals surface area contributed by atoms with Crippen molar-refractivity contribution in [3.63, 3.8) is 0 Å². The third-order valence-corrected chi connectivity index (χ3v) is 7.92. The highest BCUT2D eigenvalue weighted by Crippen LogP contribution is 2.34. The van der Waals surface area contributed by atoms with Gasteiger partial charge in [-0.2, -0.15) is 9.40 Å². The maximum Gasteiger partial charge on any atom is 0.309 e. The first-order valence-electron chi connectivity index (χ1n) is 9.86. The number of thiophene rings is 1. The van der Waals surface area contributed by atoms with E-state index < -0.39 is 10.0 Å². The zero-order valence-corrected chi connectivity index (χ0v) is 18.2. The largest absolute Gasteiger partial charge is 0.466 e. The fourth-order valence-corrected chi connectivity index (χ4v) is 5.96. The summed E-state index contributed by atoms with van der Waals surface area (Å²) in [4.78, 5) is 13.0. The summed E-state index contributed by atoms with van der Waals surface area (Å²) >= 11 is 1.45. The number of benzene rings is 1. The number of rotatable bonds is 6. The molecule has 158 valence electrons. The van der Waals surface area contributed by atoms with E-state index in [0.29, 0.717) is 25.1 Å². The lowest BCUT2D eigenvalue weighted by Crippen LogP contribution is -2.40. The van der Waals surface area contributed by atoms with E-state index in [-0.39, 0.29) is 29.9 Å². The fourth-order valence-electron chi connectivity index (χ4n) is 3.57. The minimum absolute atomic E-state index is 0.184. The van der Waals surface area contributed by atoms with E-state index in [4.69, 9.17) is 4.74 Å². The van der Waals surface area contributed by atoms with Gasteiger partial charge >= 0.3 is 5.97 Å². The molecule has 0 unspecified atom stereocenters. The normalized spacial score (nSPS) is 15.9. The highest BCUT2D eigenvalue weighted by molar-refractivity contribution is 7.89. The van der Waals surface area contributed by atoms with Crippen LogP contribution in [0.1, 0.15) is 19.8 Å². The van der Waals surface area contributed by atoms with Crippen LogP contribution in [-0.4, -0.2) is 48.2 Å². The zero-order valence-electron chi connectivity index (χ0n) is 16.6. The smallest absolute Gasteiger partial charge is 0.309 e. The number of esters is 1. The summed E-state index contributed by atoms with van der Waals surface area (Å²) in [6.07, 6.45) is 2.50. The zero-order chi connectivity index (χ0) is 21.1. The van der Waals surface area contributed by atoms with Crippen LogP contribution in [0, 0.1) is 5.92 Å². The third-order valence-electron chi connectivity index (χ3n) is 5.15. The van der Waals surface area contributed by atoms with Gasteiger partial charge in [-0.1, -0.05) is 24.3 Å². The number of para-hydroxylation sites is 1. The molecule has 1 aliphatic heterocycles. The molecule has 1 aliphatic rings. The average molecular weight is 446 g/mol. The Morgan fingerprint density at radius 2 is 1.90 bits per heavy atom. The van der Waals surface area contributed by atoms with E-state index in [9.17, 15) is 13.2 Å². The third kappa shape index (κ3) is 4.05. The Hall–Kier alpha value is -2.49. The molecule has 1 fully saturated rings. The maximum atomic E-state index is 13.5. The van der Waals surface area contributed by atoms with Crippen molar-refractivity contribution in [3.8, 4) is 16.3 Å². The van der Waals surface area contributed by atoms with E-state index >= 15 is 0 Å². The summed E-state index contributed by atoms with van der Waals surface area (Å²) in [6, 6.07) is 13.2. The van der Waals surface area contributed by atoms with Crippen LogP contribution in [0.4, 0.5) is 0 Å². The Bertz CT molecular complexity index is 1100. The number of nitrogens with zero attached hydrogens (tertiary/aromatic N) is 3. The topological polar surface area (TPSA) is 81.5 Å². The molecule has 0 spiro atoms. The van der Waals surface area contributed by atoms with Gasteiger partial charge in [0.25, 0.3) is 0 Å². The van der Waals surface area contributed by atoms with Crippen LogP contribution in [0.15, 0.2) is 58.9 Å². The number of carbonyl (C=O) groups excluding carboxylic acids is 1. The van der Waals surface area contributed by atoms with Crippen molar-refractivity contribution in [2.75, 3.05) is 19.7 Å². The second-order valence-corrected chi connectivity index (χ2v) is 9.88. The fraction of sp³-hybridized carbons (Fsp3) is 0.333. The summed E-state index contributed by atoms with van der Waals surface area (Å²) < 4.78 is 35.2. The van der Waals surface area contributed by atoms with E-state index in [1.165, 1.54) is 15.6 Å². The van der Waals surface area contributed by atoms with Gasteiger partial charge in [-0.05, 0) is 43.3 Å². The predicted octanol–water partition coefficient (Wildman–Crippen LogP) is 3.56. The molecule has 30 heavy (non-hydrogen) atoms. The summed E-state index contributed by atoms with van der Waals surface area (Å²) in [7, 11) is -3.76. The predicted molar refractivity (Wildman–Crippen MR) is 115 cm³/mol. The molecule has 0 bridgehead atoms. The average Bonchev–Trinajstić information content (AvgIpc) is 3.45. The van der Waals surface area contributed by atoms with Gasteiger partial charge in [-0.15, -0.1) is 11.3 Å². The van der Waals surface area contributed by atoms with Crippen molar-refractivity contribution in [1.29, 1.82) is 0 Å². The first-order chi connectivity index (χ1) is 14.5. The molecule has 0 atom stereocenters. The van der Waals surface area contributed by atoms with Gasteiger partial charge < -0.3 is 4.74 Å². The van der Waals surface area contributed by atoms with Gasteiger partial charge in [0.1, 0.15) is 10.6 Å².